The molecule has 2 fully saturated rings. The molecule has 0 radical (unpaired) electrons. The largest absolute Gasteiger partial charge is 0.313 e. The number of nitrogens with one attached hydrogen (secondary N) is 1. The summed E-state index contributed by atoms with van der Waals surface area (Å²) in [7, 11) is 0. The molecule has 1 heterocycles. The second-order valence-corrected chi connectivity index (χ2v) is 8.50. The quantitative estimate of drug-likeness (QED) is 0.883. The molecular formula is C16H26N2S. The average Bonchev–Trinajstić information content (AvgIpc) is 2.98. The molecule has 1 N–H and O–H groups in total. The first-order valence-electron chi connectivity index (χ1n) is 7.65. The van der Waals surface area contributed by atoms with Crippen LogP contribution in [0.25, 0.3) is 0 Å². The van der Waals surface area contributed by atoms with Gasteiger partial charge < -0.3 is 5.32 Å². The molecule has 0 atom stereocenters. The van der Waals surface area contributed by atoms with E-state index in [1.807, 2.05) is 11.3 Å². The van der Waals surface area contributed by atoms with Crippen LogP contribution in [-0.4, -0.2) is 17.6 Å². The Morgan fingerprint density at radius 2 is 2.11 bits per heavy atom. The summed E-state index contributed by atoms with van der Waals surface area (Å²) < 4.78 is 0. The molecule has 3 rings (SSSR count). The lowest BCUT2D eigenvalue weighted by Crippen LogP contribution is -2.42. The Bertz CT molecular complexity index is 436. The van der Waals surface area contributed by atoms with Gasteiger partial charge in [0.2, 0.25) is 0 Å². The minimum atomic E-state index is 0.188. The lowest BCUT2D eigenvalue weighted by Gasteiger charge is -2.42. The zero-order chi connectivity index (χ0) is 13.5. The Morgan fingerprint density at radius 3 is 2.58 bits per heavy atom. The first-order chi connectivity index (χ1) is 8.97. The summed E-state index contributed by atoms with van der Waals surface area (Å²) in [6.45, 7) is 7.96. The molecule has 2 aliphatic carbocycles. The Balaban J connectivity index is 1.63. The number of nitrogens with zero attached hydrogens (tertiary/aromatic N) is 1. The number of rotatable bonds is 5. The van der Waals surface area contributed by atoms with Crippen molar-refractivity contribution in [1.82, 2.24) is 10.3 Å². The summed E-state index contributed by atoms with van der Waals surface area (Å²) in [5.74, 6) is 0. The van der Waals surface area contributed by atoms with Gasteiger partial charge >= 0.3 is 0 Å². The summed E-state index contributed by atoms with van der Waals surface area (Å²) in [6, 6.07) is 0.832. The van der Waals surface area contributed by atoms with Gasteiger partial charge in [0.25, 0.3) is 0 Å². The van der Waals surface area contributed by atoms with Crippen LogP contribution in [0.3, 0.4) is 0 Å². The number of thiazole rings is 1. The third-order valence-electron chi connectivity index (χ3n) is 4.60. The molecule has 106 valence electrons. The van der Waals surface area contributed by atoms with Gasteiger partial charge in [0, 0.05) is 29.8 Å². The van der Waals surface area contributed by atoms with Gasteiger partial charge in [0.15, 0.2) is 0 Å². The smallest absolute Gasteiger partial charge is 0.0934 e. The van der Waals surface area contributed by atoms with Crippen LogP contribution in [0, 0.1) is 5.41 Å². The average molecular weight is 278 g/mol. The standard InChI is InChI=1S/C16H26N2S/c1-15(2,3)13-10-19-14(18-13)9-16(7-4-8-16)11-17-12-5-6-12/h10,12,17H,4-9,11H2,1-3H3. The van der Waals surface area contributed by atoms with Gasteiger partial charge in [-0.15, -0.1) is 11.3 Å². The molecule has 1 aromatic heterocycles. The van der Waals surface area contributed by atoms with Gasteiger partial charge in [-0.1, -0.05) is 27.2 Å². The molecule has 3 heteroatoms. The molecule has 0 aliphatic heterocycles. The summed E-state index contributed by atoms with van der Waals surface area (Å²) in [4.78, 5) is 4.88. The minimum Gasteiger partial charge on any atom is -0.313 e. The summed E-state index contributed by atoms with van der Waals surface area (Å²) in [6.07, 6.45) is 8.15. The highest BCUT2D eigenvalue weighted by molar-refractivity contribution is 7.09. The van der Waals surface area contributed by atoms with Crippen molar-refractivity contribution in [1.29, 1.82) is 0 Å². The van der Waals surface area contributed by atoms with Crippen LogP contribution in [0.15, 0.2) is 5.38 Å². The van der Waals surface area contributed by atoms with Crippen molar-refractivity contribution >= 4 is 11.3 Å². The zero-order valence-electron chi connectivity index (χ0n) is 12.5. The van der Waals surface area contributed by atoms with Gasteiger partial charge in [0.05, 0.1) is 10.7 Å². The van der Waals surface area contributed by atoms with E-state index in [2.05, 4.69) is 31.5 Å². The van der Waals surface area contributed by atoms with Gasteiger partial charge in [-0.25, -0.2) is 4.98 Å². The van der Waals surface area contributed by atoms with Gasteiger partial charge in [-0.3, -0.25) is 0 Å². The third kappa shape index (κ3) is 3.19. The van der Waals surface area contributed by atoms with E-state index in [9.17, 15) is 0 Å². The Kier molecular flexibility index (Phi) is 3.46. The first-order valence-corrected chi connectivity index (χ1v) is 8.53. The predicted molar refractivity (Wildman–Crippen MR) is 81.8 cm³/mol. The van der Waals surface area contributed by atoms with E-state index >= 15 is 0 Å². The zero-order valence-corrected chi connectivity index (χ0v) is 13.3. The maximum atomic E-state index is 4.88. The highest BCUT2D eigenvalue weighted by atomic mass is 32.1. The second kappa shape index (κ2) is 4.85. The Labute approximate surface area is 121 Å². The highest BCUT2D eigenvalue weighted by Crippen LogP contribution is 2.44. The lowest BCUT2D eigenvalue weighted by atomic mass is 9.66. The van der Waals surface area contributed by atoms with Crippen molar-refractivity contribution in [2.45, 2.75) is 70.8 Å². The fraction of sp³-hybridized carbons (Fsp3) is 0.812. The molecule has 2 aliphatic rings. The number of hydrogen-bond donors (Lipinski definition) is 1. The van der Waals surface area contributed by atoms with Gasteiger partial charge in [0.1, 0.15) is 0 Å². The molecule has 0 amide bonds. The van der Waals surface area contributed by atoms with Crippen molar-refractivity contribution in [3.63, 3.8) is 0 Å². The fourth-order valence-corrected chi connectivity index (χ4v) is 3.99. The summed E-state index contributed by atoms with van der Waals surface area (Å²) in [5.41, 5.74) is 1.97. The Hall–Kier alpha value is -0.410. The van der Waals surface area contributed by atoms with Crippen molar-refractivity contribution in [3.05, 3.63) is 16.1 Å². The van der Waals surface area contributed by atoms with Crippen LogP contribution >= 0.6 is 11.3 Å². The maximum Gasteiger partial charge on any atom is 0.0934 e. The molecule has 2 nitrogen and oxygen atoms in total. The van der Waals surface area contributed by atoms with Crippen LogP contribution in [0.1, 0.15) is 63.6 Å². The van der Waals surface area contributed by atoms with E-state index in [0.29, 0.717) is 5.41 Å². The molecular weight excluding hydrogens is 252 g/mol. The SMILES string of the molecule is CC(C)(C)c1csc(CC2(CNC3CC3)CCC2)n1. The minimum absolute atomic E-state index is 0.188. The van der Waals surface area contributed by atoms with Gasteiger partial charge in [-0.2, -0.15) is 0 Å². The summed E-state index contributed by atoms with van der Waals surface area (Å²) >= 11 is 1.86. The van der Waals surface area contributed by atoms with Crippen molar-refractivity contribution < 1.29 is 0 Å². The van der Waals surface area contributed by atoms with E-state index in [4.69, 9.17) is 4.98 Å². The van der Waals surface area contributed by atoms with Crippen LogP contribution in [0.5, 0.6) is 0 Å². The monoisotopic (exact) mass is 278 g/mol. The van der Waals surface area contributed by atoms with Crippen LogP contribution in [0.2, 0.25) is 0 Å². The first kappa shape index (κ1) is 13.6. The number of hydrogen-bond acceptors (Lipinski definition) is 3. The van der Waals surface area contributed by atoms with Gasteiger partial charge in [-0.05, 0) is 31.1 Å². The topological polar surface area (TPSA) is 24.9 Å². The molecule has 0 saturated heterocycles. The van der Waals surface area contributed by atoms with Crippen molar-refractivity contribution in [2.24, 2.45) is 5.41 Å². The predicted octanol–water partition coefficient (Wildman–Crippen LogP) is 3.91. The van der Waals surface area contributed by atoms with Crippen molar-refractivity contribution in [3.8, 4) is 0 Å². The van der Waals surface area contributed by atoms with Crippen LogP contribution in [-0.2, 0) is 11.8 Å². The normalized spacial score (nSPS) is 22.3. The maximum absolute atomic E-state index is 4.88. The van der Waals surface area contributed by atoms with E-state index in [1.54, 1.807) is 0 Å². The lowest BCUT2D eigenvalue weighted by molar-refractivity contribution is 0.129. The molecule has 0 spiro atoms. The summed E-state index contributed by atoms with van der Waals surface area (Å²) in [5, 5.41) is 7.34. The van der Waals surface area contributed by atoms with Crippen LogP contribution in [0.4, 0.5) is 0 Å². The Morgan fingerprint density at radius 1 is 1.37 bits per heavy atom. The van der Waals surface area contributed by atoms with E-state index < -0.39 is 0 Å². The van der Waals surface area contributed by atoms with E-state index in [1.165, 1.54) is 55.8 Å². The van der Waals surface area contributed by atoms with Crippen LogP contribution < -0.4 is 5.32 Å². The van der Waals surface area contributed by atoms with E-state index in [-0.39, 0.29) is 5.41 Å². The molecule has 0 aromatic carbocycles. The number of aromatic nitrogens is 1. The second-order valence-electron chi connectivity index (χ2n) is 7.56. The molecule has 0 bridgehead atoms. The van der Waals surface area contributed by atoms with Crippen molar-refractivity contribution in [2.75, 3.05) is 6.54 Å². The highest BCUT2D eigenvalue weighted by Gasteiger charge is 2.39. The fourth-order valence-electron chi connectivity index (χ4n) is 2.80. The van der Waals surface area contributed by atoms with E-state index in [0.717, 1.165) is 6.04 Å². The molecule has 0 unspecified atom stereocenters. The molecule has 2 saturated carbocycles. The molecule has 19 heavy (non-hydrogen) atoms. The molecule has 1 aromatic rings. The third-order valence-corrected chi connectivity index (χ3v) is 5.45.